The maximum atomic E-state index is 12.2. The zero-order valence-corrected chi connectivity index (χ0v) is 17.4. The van der Waals surface area contributed by atoms with Crippen molar-refractivity contribution >= 4 is 23.8 Å². The third-order valence-electron chi connectivity index (χ3n) is 5.48. The summed E-state index contributed by atoms with van der Waals surface area (Å²) in [5.41, 5.74) is 4.37. The molecule has 3 aromatic carbocycles. The van der Waals surface area contributed by atoms with Gasteiger partial charge in [0.1, 0.15) is 6.61 Å². The first kappa shape index (κ1) is 21.8. The Morgan fingerprint density at radius 1 is 1.03 bits per heavy atom. The number of nitrogens with one attached hydrogen (secondary N) is 1. The van der Waals surface area contributed by atoms with Crippen molar-refractivity contribution in [1.82, 2.24) is 5.32 Å². The van der Waals surface area contributed by atoms with Crippen molar-refractivity contribution < 1.29 is 24.4 Å². The van der Waals surface area contributed by atoms with Gasteiger partial charge in [-0.15, -0.1) is 0 Å². The summed E-state index contributed by atoms with van der Waals surface area (Å²) in [6, 6.07) is 19.5. The highest BCUT2D eigenvalue weighted by atomic mass is 16.6. The largest absolute Gasteiger partial charge is 0.478 e. The van der Waals surface area contributed by atoms with Gasteiger partial charge in [-0.1, -0.05) is 60.7 Å². The molecule has 0 aromatic heterocycles. The van der Waals surface area contributed by atoms with E-state index in [2.05, 4.69) is 17.4 Å². The van der Waals surface area contributed by atoms with Crippen LogP contribution in [0.5, 0.6) is 0 Å². The number of non-ortho nitro benzene ring substituents is 1. The summed E-state index contributed by atoms with van der Waals surface area (Å²) >= 11 is 0. The fraction of sp³-hybridized carbons (Fsp3) is 0.120. The van der Waals surface area contributed by atoms with Gasteiger partial charge in [-0.25, -0.2) is 9.59 Å². The average molecular weight is 444 g/mol. The third kappa shape index (κ3) is 4.59. The number of rotatable bonds is 7. The van der Waals surface area contributed by atoms with Crippen molar-refractivity contribution in [2.75, 3.05) is 13.2 Å². The van der Waals surface area contributed by atoms with E-state index in [-0.39, 0.29) is 35.9 Å². The maximum absolute atomic E-state index is 12.2. The average Bonchev–Trinajstić information content (AvgIpc) is 3.14. The van der Waals surface area contributed by atoms with Crippen molar-refractivity contribution in [3.8, 4) is 11.1 Å². The Morgan fingerprint density at radius 2 is 1.67 bits per heavy atom. The van der Waals surface area contributed by atoms with Gasteiger partial charge in [0, 0.05) is 24.6 Å². The Bertz CT molecular complexity index is 1220. The lowest BCUT2D eigenvalue weighted by Crippen LogP contribution is -2.26. The quantitative estimate of drug-likeness (QED) is 0.397. The van der Waals surface area contributed by atoms with Crippen LogP contribution in [0.2, 0.25) is 0 Å². The van der Waals surface area contributed by atoms with Crippen molar-refractivity contribution in [2.45, 2.75) is 5.92 Å². The van der Waals surface area contributed by atoms with E-state index in [1.54, 1.807) is 0 Å². The Morgan fingerprint density at radius 3 is 2.27 bits per heavy atom. The van der Waals surface area contributed by atoms with Crippen LogP contribution in [0.25, 0.3) is 17.2 Å². The summed E-state index contributed by atoms with van der Waals surface area (Å²) in [7, 11) is 0. The topological polar surface area (TPSA) is 119 Å². The molecule has 0 radical (unpaired) electrons. The molecule has 0 atom stereocenters. The van der Waals surface area contributed by atoms with Gasteiger partial charge in [0.2, 0.25) is 0 Å². The van der Waals surface area contributed by atoms with Crippen LogP contribution in [-0.2, 0) is 4.74 Å². The van der Waals surface area contributed by atoms with Gasteiger partial charge < -0.3 is 15.2 Å². The second kappa shape index (κ2) is 9.35. The molecule has 0 unspecified atom stereocenters. The van der Waals surface area contributed by atoms with E-state index in [1.165, 1.54) is 24.3 Å². The predicted molar refractivity (Wildman–Crippen MR) is 122 cm³/mol. The number of amides is 1. The van der Waals surface area contributed by atoms with Crippen LogP contribution in [-0.4, -0.2) is 35.2 Å². The second-order valence-corrected chi connectivity index (χ2v) is 7.44. The molecular formula is C25H20N2O6. The number of carbonyl (C=O) groups is 2. The fourth-order valence-corrected chi connectivity index (χ4v) is 3.97. The molecule has 0 aliphatic heterocycles. The number of ether oxygens (including phenoxy) is 1. The van der Waals surface area contributed by atoms with Gasteiger partial charge in [-0.3, -0.25) is 10.1 Å². The molecule has 8 nitrogen and oxygen atoms in total. The zero-order chi connectivity index (χ0) is 23.4. The van der Waals surface area contributed by atoms with E-state index < -0.39 is 17.0 Å². The van der Waals surface area contributed by atoms with Crippen LogP contribution in [0, 0.1) is 10.1 Å². The van der Waals surface area contributed by atoms with Crippen molar-refractivity contribution in [3.05, 3.63) is 105 Å². The van der Waals surface area contributed by atoms with Gasteiger partial charge >= 0.3 is 12.1 Å². The van der Waals surface area contributed by atoms with E-state index in [0.29, 0.717) is 0 Å². The number of alkyl carbamates (subject to hydrolysis) is 1. The lowest BCUT2D eigenvalue weighted by atomic mass is 9.98. The van der Waals surface area contributed by atoms with Gasteiger partial charge in [0.15, 0.2) is 0 Å². The number of nitro benzene ring substituents is 1. The number of benzene rings is 3. The van der Waals surface area contributed by atoms with Crippen LogP contribution in [0.15, 0.2) is 72.8 Å². The number of fused-ring (bicyclic) bond motifs is 3. The smallest absolute Gasteiger partial charge is 0.407 e. The molecule has 0 saturated carbocycles. The molecule has 33 heavy (non-hydrogen) atoms. The highest BCUT2D eigenvalue weighted by Crippen LogP contribution is 2.44. The molecule has 0 saturated heterocycles. The van der Waals surface area contributed by atoms with Crippen LogP contribution in [0.3, 0.4) is 0 Å². The first-order valence-corrected chi connectivity index (χ1v) is 10.2. The lowest BCUT2D eigenvalue weighted by Gasteiger charge is -2.14. The minimum atomic E-state index is -1.20. The molecule has 4 rings (SSSR count). The van der Waals surface area contributed by atoms with Crippen LogP contribution in [0.4, 0.5) is 10.5 Å². The number of carboxylic acid groups (broad SMARTS) is 1. The predicted octanol–water partition coefficient (Wildman–Crippen LogP) is 4.84. The minimum absolute atomic E-state index is 0.0540. The monoisotopic (exact) mass is 444 g/mol. The number of hydrogen-bond acceptors (Lipinski definition) is 5. The summed E-state index contributed by atoms with van der Waals surface area (Å²) in [4.78, 5) is 33.9. The summed E-state index contributed by atoms with van der Waals surface area (Å²) in [5, 5.41) is 22.8. The molecule has 3 aromatic rings. The molecule has 0 heterocycles. The van der Waals surface area contributed by atoms with Crippen LogP contribution in [0.1, 0.15) is 33.0 Å². The minimum Gasteiger partial charge on any atom is -0.478 e. The highest BCUT2D eigenvalue weighted by Gasteiger charge is 2.28. The summed E-state index contributed by atoms with van der Waals surface area (Å²) < 4.78 is 5.44. The summed E-state index contributed by atoms with van der Waals surface area (Å²) in [6.07, 6.45) is 2.31. The van der Waals surface area contributed by atoms with Crippen LogP contribution < -0.4 is 5.32 Å². The van der Waals surface area contributed by atoms with E-state index in [0.717, 1.165) is 28.3 Å². The molecule has 1 aliphatic rings. The number of carbonyl (C=O) groups excluding carboxylic acids is 1. The molecular weight excluding hydrogens is 424 g/mol. The summed E-state index contributed by atoms with van der Waals surface area (Å²) in [5.74, 6) is -1.25. The van der Waals surface area contributed by atoms with E-state index in [9.17, 15) is 24.8 Å². The first-order valence-electron chi connectivity index (χ1n) is 10.2. The molecule has 0 bridgehead atoms. The fourth-order valence-electron chi connectivity index (χ4n) is 3.97. The van der Waals surface area contributed by atoms with Crippen molar-refractivity contribution in [3.63, 3.8) is 0 Å². The molecule has 8 heteroatoms. The standard InChI is InChI=1S/C25H20N2O6/c28-24(29)18-12-11-17(27(31)32)14-16(18)6-5-13-26-25(30)33-15-23-21-9-3-1-7-19(21)20-8-2-4-10-22(20)23/h1-12,14,23H,13,15H2,(H,26,30)(H,28,29). The lowest BCUT2D eigenvalue weighted by molar-refractivity contribution is -0.384. The van der Waals surface area contributed by atoms with E-state index >= 15 is 0 Å². The SMILES string of the molecule is O=C(NCC=Cc1cc([N+](=O)[O-])ccc1C(=O)O)OCC1c2ccccc2-c2ccccc21. The molecule has 1 aliphatic carbocycles. The normalized spacial score (nSPS) is 12.2. The van der Waals surface area contributed by atoms with Gasteiger partial charge in [-0.2, -0.15) is 0 Å². The van der Waals surface area contributed by atoms with Gasteiger partial charge in [0.25, 0.3) is 5.69 Å². The number of hydrogen-bond donors (Lipinski definition) is 2. The maximum Gasteiger partial charge on any atom is 0.407 e. The number of aromatic carboxylic acids is 1. The van der Waals surface area contributed by atoms with Crippen molar-refractivity contribution in [1.29, 1.82) is 0 Å². The Labute approximate surface area is 189 Å². The molecule has 2 N–H and O–H groups in total. The number of carboxylic acids is 1. The first-order chi connectivity index (χ1) is 16.0. The second-order valence-electron chi connectivity index (χ2n) is 7.44. The van der Waals surface area contributed by atoms with E-state index in [1.807, 2.05) is 36.4 Å². The third-order valence-corrected chi connectivity index (χ3v) is 5.48. The molecule has 1 amide bonds. The van der Waals surface area contributed by atoms with E-state index in [4.69, 9.17) is 4.74 Å². The Kier molecular flexibility index (Phi) is 6.17. The zero-order valence-electron chi connectivity index (χ0n) is 17.4. The molecule has 166 valence electrons. The highest BCUT2D eigenvalue weighted by molar-refractivity contribution is 5.92. The van der Waals surface area contributed by atoms with Gasteiger partial charge in [-0.05, 0) is 33.9 Å². The van der Waals surface area contributed by atoms with Crippen LogP contribution >= 0.6 is 0 Å². The van der Waals surface area contributed by atoms with Crippen molar-refractivity contribution in [2.24, 2.45) is 0 Å². The number of nitrogens with zero attached hydrogens (tertiary/aromatic N) is 1. The van der Waals surface area contributed by atoms with Gasteiger partial charge in [0.05, 0.1) is 10.5 Å². The summed E-state index contributed by atoms with van der Waals surface area (Å²) in [6.45, 7) is 0.246. The molecule has 0 spiro atoms. The molecule has 0 fully saturated rings. The number of nitro groups is 1. The Balaban J connectivity index is 1.37. The Hall–Kier alpha value is -4.46.